The number of piperidine rings is 1. The molecular formula is C11H22N2O. The summed E-state index contributed by atoms with van der Waals surface area (Å²) in [6.45, 7) is 5.17. The molecule has 1 unspecified atom stereocenters. The molecule has 14 heavy (non-hydrogen) atoms. The maximum atomic E-state index is 11.7. The Morgan fingerprint density at radius 2 is 2.21 bits per heavy atom. The van der Waals surface area contributed by atoms with Crippen LogP contribution in [0, 0.1) is 0 Å². The molecule has 1 fully saturated rings. The van der Waals surface area contributed by atoms with Gasteiger partial charge in [0.05, 0.1) is 0 Å². The molecule has 1 N–H and O–H groups in total. The number of nitrogens with one attached hydrogen (secondary N) is 1. The van der Waals surface area contributed by atoms with Crippen LogP contribution in [0.15, 0.2) is 0 Å². The highest BCUT2D eigenvalue weighted by atomic mass is 16.2. The third kappa shape index (κ3) is 3.29. The summed E-state index contributed by atoms with van der Waals surface area (Å²) >= 11 is 0. The van der Waals surface area contributed by atoms with Crippen LogP contribution in [0.2, 0.25) is 0 Å². The minimum absolute atomic E-state index is 0.263. The Bertz CT molecular complexity index is 186. The summed E-state index contributed by atoms with van der Waals surface area (Å²) in [7, 11) is 1.88. The molecule has 1 aliphatic heterocycles. The third-order valence-electron chi connectivity index (χ3n) is 3.00. The molecule has 1 aliphatic rings. The van der Waals surface area contributed by atoms with Crippen LogP contribution in [0.4, 0.5) is 0 Å². The molecule has 0 bridgehead atoms. The topological polar surface area (TPSA) is 32.3 Å². The number of rotatable bonds is 3. The molecule has 1 heterocycles. The van der Waals surface area contributed by atoms with Crippen LogP contribution < -0.4 is 5.32 Å². The summed E-state index contributed by atoms with van der Waals surface area (Å²) in [5.74, 6) is 0.263. The number of hydrogen-bond acceptors (Lipinski definition) is 2. The zero-order valence-corrected chi connectivity index (χ0v) is 9.55. The first kappa shape index (κ1) is 11.5. The van der Waals surface area contributed by atoms with Gasteiger partial charge in [0.25, 0.3) is 0 Å². The summed E-state index contributed by atoms with van der Waals surface area (Å²) < 4.78 is 0. The van der Waals surface area contributed by atoms with Gasteiger partial charge in [0.1, 0.15) is 0 Å². The van der Waals surface area contributed by atoms with E-state index in [-0.39, 0.29) is 5.91 Å². The molecule has 1 atom stereocenters. The first-order valence-corrected chi connectivity index (χ1v) is 5.60. The van der Waals surface area contributed by atoms with Crippen LogP contribution in [0.3, 0.4) is 0 Å². The minimum Gasteiger partial charge on any atom is -0.343 e. The van der Waals surface area contributed by atoms with Crippen LogP contribution in [-0.2, 0) is 4.79 Å². The first-order chi connectivity index (χ1) is 6.61. The number of carbonyl (C=O) groups is 1. The lowest BCUT2D eigenvalue weighted by atomic mass is 10.0. The van der Waals surface area contributed by atoms with Crippen molar-refractivity contribution >= 4 is 5.91 Å². The van der Waals surface area contributed by atoms with E-state index in [2.05, 4.69) is 5.32 Å². The van der Waals surface area contributed by atoms with Crippen LogP contribution in [0.25, 0.3) is 0 Å². The second kappa shape index (κ2) is 5.35. The standard InChI is InChI=1S/C11H22N2O/c1-9(2)13(3)11(14)8-10-6-4-5-7-12-10/h9-10,12H,4-8H2,1-3H3. The maximum Gasteiger partial charge on any atom is 0.224 e. The Morgan fingerprint density at radius 1 is 1.50 bits per heavy atom. The van der Waals surface area contributed by atoms with Crippen molar-refractivity contribution in [1.29, 1.82) is 0 Å². The van der Waals surface area contributed by atoms with Gasteiger partial charge in [-0.15, -0.1) is 0 Å². The van der Waals surface area contributed by atoms with E-state index in [1.165, 1.54) is 12.8 Å². The zero-order valence-electron chi connectivity index (χ0n) is 9.55. The van der Waals surface area contributed by atoms with E-state index in [9.17, 15) is 4.79 Å². The molecule has 0 radical (unpaired) electrons. The predicted octanol–water partition coefficient (Wildman–Crippen LogP) is 1.39. The molecule has 1 rings (SSSR count). The van der Waals surface area contributed by atoms with Crippen molar-refractivity contribution in [1.82, 2.24) is 10.2 Å². The molecular weight excluding hydrogens is 176 g/mol. The highest BCUT2D eigenvalue weighted by Crippen LogP contribution is 2.11. The van der Waals surface area contributed by atoms with Gasteiger partial charge in [-0.1, -0.05) is 6.42 Å². The Balaban J connectivity index is 2.31. The summed E-state index contributed by atoms with van der Waals surface area (Å²) in [6.07, 6.45) is 4.33. The lowest BCUT2D eigenvalue weighted by molar-refractivity contribution is -0.132. The van der Waals surface area contributed by atoms with E-state index in [1.54, 1.807) is 0 Å². The highest BCUT2D eigenvalue weighted by Gasteiger charge is 2.19. The fourth-order valence-corrected chi connectivity index (χ4v) is 1.74. The second-order valence-electron chi connectivity index (χ2n) is 4.45. The monoisotopic (exact) mass is 198 g/mol. The van der Waals surface area contributed by atoms with Gasteiger partial charge in [0.2, 0.25) is 5.91 Å². The molecule has 3 heteroatoms. The molecule has 0 spiro atoms. The summed E-state index contributed by atoms with van der Waals surface area (Å²) in [5, 5.41) is 3.40. The fraction of sp³-hybridized carbons (Fsp3) is 0.909. The average molecular weight is 198 g/mol. The van der Waals surface area contributed by atoms with Crippen LogP contribution in [-0.4, -0.2) is 36.5 Å². The van der Waals surface area contributed by atoms with Gasteiger partial charge >= 0.3 is 0 Å². The van der Waals surface area contributed by atoms with Gasteiger partial charge in [0, 0.05) is 25.6 Å². The smallest absolute Gasteiger partial charge is 0.224 e. The van der Waals surface area contributed by atoms with Crippen LogP contribution in [0.1, 0.15) is 39.5 Å². The van der Waals surface area contributed by atoms with Crippen LogP contribution in [0.5, 0.6) is 0 Å². The summed E-state index contributed by atoms with van der Waals surface area (Å²) in [6, 6.07) is 0.726. The van der Waals surface area contributed by atoms with Gasteiger partial charge in [0.15, 0.2) is 0 Å². The molecule has 1 saturated heterocycles. The Labute approximate surface area is 86.9 Å². The Morgan fingerprint density at radius 3 is 2.71 bits per heavy atom. The quantitative estimate of drug-likeness (QED) is 0.743. The molecule has 0 aromatic heterocycles. The molecule has 0 aromatic carbocycles. The Hall–Kier alpha value is -0.570. The number of amides is 1. The van der Waals surface area contributed by atoms with E-state index in [0.717, 1.165) is 13.0 Å². The Kier molecular flexibility index (Phi) is 4.39. The van der Waals surface area contributed by atoms with E-state index in [1.807, 2.05) is 25.8 Å². The largest absolute Gasteiger partial charge is 0.343 e. The number of carbonyl (C=O) groups excluding carboxylic acids is 1. The highest BCUT2D eigenvalue weighted by molar-refractivity contribution is 5.76. The molecule has 0 aliphatic carbocycles. The lowest BCUT2D eigenvalue weighted by Gasteiger charge is -2.27. The van der Waals surface area contributed by atoms with Crippen molar-refractivity contribution in [3.8, 4) is 0 Å². The first-order valence-electron chi connectivity index (χ1n) is 5.60. The van der Waals surface area contributed by atoms with E-state index < -0.39 is 0 Å². The zero-order chi connectivity index (χ0) is 10.6. The number of hydrogen-bond donors (Lipinski definition) is 1. The third-order valence-corrected chi connectivity index (χ3v) is 3.00. The second-order valence-corrected chi connectivity index (χ2v) is 4.45. The minimum atomic E-state index is 0.263. The van der Waals surface area contributed by atoms with Crippen molar-refractivity contribution in [3.63, 3.8) is 0 Å². The normalized spacial score (nSPS) is 22.4. The summed E-state index contributed by atoms with van der Waals surface area (Å²) in [4.78, 5) is 13.6. The van der Waals surface area contributed by atoms with Gasteiger partial charge in [-0.25, -0.2) is 0 Å². The van der Waals surface area contributed by atoms with Gasteiger partial charge in [-0.05, 0) is 33.2 Å². The molecule has 0 aromatic rings. The van der Waals surface area contributed by atoms with Crippen molar-refractivity contribution in [3.05, 3.63) is 0 Å². The van der Waals surface area contributed by atoms with Crippen LogP contribution >= 0.6 is 0 Å². The van der Waals surface area contributed by atoms with Crippen molar-refractivity contribution < 1.29 is 4.79 Å². The van der Waals surface area contributed by atoms with E-state index >= 15 is 0 Å². The van der Waals surface area contributed by atoms with Crippen molar-refractivity contribution in [2.24, 2.45) is 0 Å². The molecule has 3 nitrogen and oxygen atoms in total. The number of nitrogens with zero attached hydrogens (tertiary/aromatic N) is 1. The van der Waals surface area contributed by atoms with Gasteiger partial charge in [-0.2, -0.15) is 0 Å². The average Bonchev–Trinajstić information content (AvgIpc) is 2.18. The maximum absolute atomic E-state index is 11.7. The molecule has 0 saturated carbocycles. The fourth-order valence-electron chi connectivity index (χ4n) is 1.74. The molecule has 1 amide bonds. The van der Waals surface area contributed by atoms with Crippen molar-refractivity contribution in [2.45, 2.75) is 51.6 Å². The van der Waals surface area contributed by atoms with E-state index in [0.29, 0.717) is 18.5 Å². The summed E-state index contributed by atoms with van der Waals surface area (Å²) in [5.41, 5.74) is 0. The van der Waals surface area contributed by atoms with Gasteiger partial charge in [-0.3, -0.25) is 4.79 Å². The van der Waals surface area contributed by atoms with Gasteiger partial charge < -0.3 is 10.2 Å². The lowest BCUT2D eigenvalue weighted by Crippen LogP contribution is -2.41. The van der Waals surface area contributed by atoms with Crippen molar-refractivity contribution in [2.75, 3.05) is 13.6 Å². The van der Waals surface area contributed by atoms with E-state index in [4.69, 9.17) is 0 Å². The molecule has 82 valence electrons. The predicted molar refractivity (Wildman–Crippen MR) is 58.2 cm³/mol. The SMILES string of the molecule is CC(C)N(C)C(=O)CC1CCCCN1.